The number of aromatic nitrogens is 4. The number of carbonyl (C=O) groups excluding carboxylic acids is 2. The lowest BCUT2D eigenvalue weighted by Crippen LogP contribution is -2.48. The number of aromatic amines is 1. The molecule has 2 atom stereocenters. The summed E-state index contributed by atoms with van der Waals surface area (Å²) in [6, 6.07) is 7.69. The monoisotopic (exact) mass is 466 g/mol. The summed E-state index contributed by atoms with van der Waals surface area (Å²) in [4.78, 5) is 38.0. The Balaban J connectivity index is 1.40. The van der Waals surface area contributed by atoms with Gasteiger partial charge in [0.15, 0.2) is 5.82 Å². The molecule has 2 N–H and O–H groups in total. The van der Waals surface area contributed by atoms with Gasteiger partial charge in [-0.1, -0.05) is 38.1 Å². The first-order valence-corrected chi connectivity index (χ1v) is 12.2. The molecule has 1 aliphatic rings. The number of likely N-dealkylation sites (tertiary alicyclic amines) is 1. The maximum absolute atomic E-state index is 13.4. The third-order valence-corrected chi connectivity index (χ3v) is 7.07. The van der Waals surface area contributed by atoms with Crippen LogP contribution in [0.1, 0.15) is 55.5 Å². The van der Waals surface area contributed by atoms with E-state index in [2.05, 4.69) is 37.6 Å². The Kier molecular flexibility index (Phi) is 6.88. The van der Waals surface area contributed by atoms with Crippen molar-refractivity contribution < 1.29 is 9.59 Å². The Hall–Kier alpha value is -3.07. The third kappa shape index (κ3) is 4.98. The highest BCUT2D eigenvalue weighted by atomic mass is 32.1. The van der Waals surface area contributed by atoms with Gasteiger partial charge in [-0.25, -0.2) is 9.97 Å². The molecular formula is C24H30N6O2S. The first-order chi connectivity index (χ1) is 15.8. The highest BCUT2D eigenvalue weighted by Gasteiger charge is 2.39. The van der Waals surface area contributed by atoms with E-state index in [0.29, 0.717) is 31.2 Å². The molecule has 1 fully saturated rings. The van der Waals surface area contributed by atoms with E-state index < -0.39 is 12.0 Å². The Labute approximate surface area is 197 Å². The molecule has 0 saturated carbocycles. The van der Waals surface area contributed by atoms with Gasteiger partial charge >= 0.3 is 0 Å². The summed E-state index contributed by atoms with van der Waals surface area (Å²) in [5.41, 5.74) is 5.01. The van der Waals surface area contributed by atoms with Crippen LogP contribution in [0.5, 0.6) is 0 Å². The van der Waals surface area contributed by atoms with Crippen molar-refractivity contribution in [1.29, 1.82) is 0 Å². The molecule has 9 heteroatoms. The second-order valence-corrected chi connectivity index (χ2v) is 9.73. The number of H-pyrrole nitrogens is 1. The molecule has 0 radical (unpaired) electrons. The number of nitrogens with one attached hydrogen (secondary N) is 2. The Morgan fingerprint density at radius 2 is 2.00 bits per heavy atom. The smallest absolute Gasteiger partial charge is 0.243 e. The van der Waals surface area contributed by atoms with E-state index in [0.717, 1.165) is 28.1 Å². The Bertz CT molecular complexity index is 1120. The van der Waals surface area contributed by atoms with Crippen molar-refractivity contribution in [1.82, 2.24) is 30.4 Å². The van der Waals surface area contributed by atoms with Crippen LogP contribution in [0.4, 0.5) is 0 Å². The van der Waals surface area contributed by atoms with Gasteiger partial charge in [0, 0.05) is 13.1 Å². The van der Waals surface area contributed by atoms with Gasteiger partial charge in [-0.2, -0.15) is 5.10 Å². The molecule has 3 aromatic rings. The van der Waals surface area contributed by atoms with Crippen LogP contribution in [0.15, 0.2) is 29.8 Å². The molecule has 0 spiro atoms. The maximum atomic E-state index is 13.4. The van der Waals surface area contributed by atoms with Gasteiger partial charge in [0.25, 0.3) is 0 Å². The second-order valence-electron chi connectivity index (χ2n) is 8.87. The molecule has 2 amide bonds. The van der Waals surface area contributed by atoms with Gasteiger partial charge in [0.2, 0.25) is 11.8 Å². The van der Waals surface area contributed by atoms with E-state index in [1.54, 1.807) is 16.2 Å². The SMILES string of the molecule is Cc1nc(C(C(=O)N2CCCC2C(=O)NCc2ccc(-c3scnc3C)cc2)C(C)C)n[nH]1. The fraction of sp³-hybridized carbons (Fsp3) is 0.458. The lowest BCUT2D eigenvalue weighted by molar-refractivity contribution is -0.140. The average Bonchev–Trinajstić information content (AvgIpc) is 3.53. The van der Waals surface area contributed by atoms with Crippen LogP contribution >= 0.6 is 11.3 Å². The average molecular weight is 467 g/mol. The number of amides is 2. The number of nitrogens with zero attached hydrogens (tertiary/aromatic N) is 4. The van der Waals surface area contributed by atoms with Gasteiger partial charge in [-0.05, 0) is 43.7 Å². The number of hydrogen-bond donors (Lipinski definition) is 2. The number of carbonyl (C=O) groups is 2. The van der Waals surface area contributed by atoms with E-state index in [9.17, 15) is 9.59 Å². The summed E-state index contributed by atoms with van der Waals surface area (Å²) >= 11 is 1.62. The zero-order valence-electron chi connectivity index (χ0n) is 19.5. The highest BCUT2D eigenvalue weighted by molar-refractivity contribution is 7.13. The van der Waals surface area contributed by atoms with Crippen LogP contribution in [0.25, 0.3) is 10.4 Å². The van der Waals surface area contributed by atoms with Crippen LogP contribution in [0.2, 0.25) is 0 Å². The molecule has 2 aromatic heterocycles. The first-order valence-electron chi connectivity index (χ1n) is 11.3. The quantitative estimate of drug-likeness (QED) is 0.554. The molecule has 3 heterocycles. The minimum atomic E-state index is -0.467. The van der Waals surface area contributed by atoms with Crippen LogP contribution in [-0.4, -0.2) is 49.5 Å². The normalized spacial score (nSPS) is 16.9. The molecule has 0 bridgehead atoms. The molecular weight excluding hydrogens is 436 g/mol. The second kappa shape index (κ2) is 9.82. The fourth-order valence-electron chi connectivity index (χ4n) is 4.33. The van der Waals surface area contributed by atoms with Crippen molar-refractivity contribution in [2.24, 2.45) is 5.92 Å². The van der Waals surface area contributed by atoms with Crippen molar-refractivity contribution in [3.8, 4) is 10.4 Å². The molecule has 1 saturated heterocycles. The van der Waals surface area contributed by atoms with Crippen LogP contribution in [0.3, 0.4) is 0 Å². The Morgan fingerprint density at radius 1 is 1.24 bits per heavy atom. The molecule has 1 aromatic carbocycles. The molecule has 174 valence electrons. The van der Waals surface area contributed by atoms with Gasteiger partial charge < -0.3 is 10.2 Å². The molecule has 33 heavy (non-hydrogen) atoms. The molecule has 1 aliphatic heterocycles. The zero-order chi connectivity index (χ0) is 23.5. The van der Waals surface area contributed by atoms with Crippen molar-refractivity contribution in [3.05, 3.63) is 52.7 Å². The zero-order valence-corrected chi connectivity index (χ0v) is 20.3. The van der Waals surface area contributed by atoms with E-state index in [1.807, 2.05) is 45.3 Å². The first kappa shape index (κ1) is 23.1. The predicted octanol–water partition coefficient (Wildman–Crippen LogP) is 3.59. The van der Waals surface area contributed by atoms with Gasteiger partial charge in [0.05, 0.1) is 16.1 Å². The number of aryl methyl sites for hydroxylation is 2. The van der Waals surface area contributed by atoms with Gasteiger partial charge in [0.1, 0.15) is 17.8 Å². The van der Waals surface area contributed by atoms with E-state index >= 15 is 0 Å². The number of benzene rings is 1. The molecule has 0 aliphatic carbocycles. The van der Waals surface area contributed by atoms with E-state index in [4.69, 9.17) is 0 Å². The summed E-state index contributed by atoms with van der Waals surface area (Å²) in [6.45, 7) is 8.78. The summed E-state index contributed by atoms with van der Waals surface area (Å²) in [7, 11) is 0. The highest BCUT2D eigenvalue weighted by Crippen LogP contribution is 2.29. The largest absolute Gasteiger partial charge is 0.350 e. The number of thiazole rings is 1. The Morgan fingerprint density at radius 3 is 2.61 bits per heavy atom. The summed E-state index contributed by atoms with van der Waals surface area (Å²) < 4.78 is 0. The van der Waals surface area contributed by atoms with Crippen LogP contribution in [0, 0.1) is 19.8 Å². The van der Waals surface area contributed by atoms with Gasteiger partial charge in [-0.15, -0.1) is 11.3 Å². The third-order valence-electron chi connectivity index (χ3n) is 6.09. The lowest BCUT2D eigenvalue weighted by atomic mass is 9.93. The van der Waals surface area contributed by atoms with Crippen molar-refractivity contribution in [3.63, 3.8) is 0 Å². The molecule has 4 rings (SSSR count). The number of hydrogen-bond acceptors (Lipinski definition) is 6. The number of rotatable bonds is 7. The van der Waals surface area contributed by atoms with Crippen molar-refractivity contribution in [2.45, 2.75) is 59.0 Å². The maximum Gasteiger partial charge on any atom is 0.243 e. The van der Waals surface area contributed by atoms with Crippen LogP contribution < -0.4 is 5.32 Å². The topological polar surface area (TPSA) is 104 Å². The van der Waals surface area contributed by atoms with E-state index in [1.165, 1.54) is 0 Å². The predicted molar refractivity (Wildman–Crippen MR) is 128 cm³/mol. The van der Waals surface area contributed by atoms with Gasteiger partial charge in [-0.3, -0.25) is 14.7 Å². The summed E-state index contributed by atoms with van der Waals surface area (Å²) in [6.07, 6.45) is 1.48. The standard InChI is InChI=1S/C24H30N6O2S/c1-14(2)20(22-27-16(4)28-29-22)24(32)30-11-5-6-19(30)23(31)25-12-17-7-9-18(10-8-17)21-15(3)26-13-33-21/h7-10,13-14,19-20H,5-6,11-12H2,1-4H3,(H,25,31)(H,27,28,29). The van der Waals surface area contributed by atoms with Crippen molar-refractivity contribution >= 4 is 23.2 Å². The van der Waals surface area contributed by atoms with Crippen molar-refractivity contribution in [2.75, 3.05) is 6.54 Å². The summed E-state index contributed by atoms with van der Waals surface area (Å²) in [5, 5.41) is 10.1. The molecule has 2 unspecified atom stereocenters. The lowest BCUT2D eigenvalue weighted by Gasteiger charge is -2.28. The summed E-state index contributed by atoms with van der Waals surface area (Å²) in [5.74, 6) is 0.539. The minimum absolute atomic E-state index is 0.0257. The fourth-order valence-corrected chi connectivity index (χ4v) is 5.15. The van der Waals surface area contributed by atoms with E-state index in [-0.39, 0.29) is 17.7 Å². The molecule has 8 nitrogen and oxygen atoms in total. The minimum Gasteiger partial charge on any atom is -0.350 e. The van der Waals surface area contributed by atoms with Crippen LogP contribution in [-0.2, 0) is 16.1 Å².